The Morgan fingerprint density at radius 2 is 1.27 bits per heavy atom. The molecular formula is C36H38NO3P. The highest BCUT2D eigenvalue weighted by atomic mass is 31.1. The number of methoxy groups -OCH3 is 2. The molecule has 5 aliphatic rings. The van der Waals surface area contributed by atoms with Gasteiger partial charge >= 0.3 is 0 Å². The molecule has 9 rings (SSSR count). The Kier molecular flexibility index (Phi) is 8.12. The molecule has 0 saturated carbocycles. The second-order valence-electron chi connectivity index (χ2n) is 11.2. The molecule has 5 heteroatoms. The molecule has 0 fully saturated rings. The Balaban J connectivity index is 1.40. The average molecular weight is 564 g/mol. The van der Waals surface area contributed by atoms with E-state index in [1.54, 1.807) is 14.2 Å². The van der Waals surface area contributed by atoms with Crippen molar-refractivity contribution in [3.63, 3.8) is 0 Å². The zero-order valence-electron chi connectivity index (χ0n) is 24.4. The second-order valence-corrected chi connectivity index (χ2v) is 13.4. The lowest BCUT2D eigenvalue weighted by molar-refractivity contribution is 0.291. The molecule has 0 N–H and O–H groups in total. The van der Waals surface area contributed by atoms with Crippen LogP contribution in [0.4, 0.5) is 0 Å². The Labute approximate surface area is 245 Å². The van der Waals surface area contributed by atoms with Crippen molar-refractivity contribution in [2.24, 2.45) is 10.9 Å². The highest BCUT2D eigenvalue weighted by Gasteiger charge is 2.26. The Hall–Kier alpha value is -3.62. The van der Waals surface area contributed by atoms with Gasteiger partial charge in [-0.05, 0) is 108 Å². The minimum absolute atomic E-state index is 0.241. The summed E-state index contributed by atoms with van der Waals surface area (Å²) >= 11 is 0. The van der Waals surface area contributed by atoms with E-state index in [1.807, 2.05) is 0 Å². The Morgan fingerprint density at radius 3 is 1.83 bits per heavy atom. The van der Waals surface area contributed by atoms with Gasteiger partial charge in [-0.2, -0.15) is 0 Å². The van der Waals surface area contributed by atoms with E-state index in [0.717, 1.165) is 43.1 Å². The molecule has 4 aromatic rings. The average Bonchev–Trinajstić information content (AvgIpc) is 3.50. The number of hydrogen-bond acceptors (Lipinski definition) is 4. The van der Waals surface area contributed by atoms with E-state index in [1.165, 1.54) is 43.7 Å². The molecule has 4 nitrogen and oxygen atoms in total. The summed E-state index contributed by atoms with van der Waals surface area (Å²) in [7, 11) is 2.68. The predicted molar refractivity (Wildman–Crippen MR) is 171 cm³/mol. The first-order chi connectivity index (χ1) is 20.0. The number of rotatable bonds is 7. The number of hydrogen-bond donors (Lipinski definition) is 0. The van der Waals surface area contributed by atoms with Crippen molar-refractivity contribution in [1.82, 2.24) is 0 Å². The fourth-order valence-electron chi connectivity index (χ4n) is 5.71. The summed E-state index contributed by atoms with van der Waals surface area (Å²) in [5, 5.41) is 4.07. The molecule has 1 heterocycles. The first kappa shape index (κ1) is 27.5. The largest absolute Gasteiger partial charge is 0.497 e. The van der Waals surface area contributed by atoms with Crippen LogP contribution in [0.15, 0.2) is 89.9 Å². The third-order valence-electron chi connectivity index (χ3n) is 8.27. The molecule has 1 aliphatic heterocycles. The lowest BCUT2D eigenvalue weighted by atomic mass is 9.93. The van der Waals surface area contributed by atoms with E-state index >= 15 is 0 Å². The van der Waals surface area contributed by atoms with E-state index < -0.39 is 7.92 Å². The molecule has 210 valence electrons. The molecule has 4 aromatic carbocycles. The fraction of sp³-hybridized carbons (Fsp3) is 0.306. The van der Waals surface area contributed by atoms with E-state index in [2.05, 4.69) is 98.8 Å². The van der Waals surface area contributed by atoms with Crippen molar-refractivity contribution in [3.05, 3.63) is 113 Å². The van der Waals surface area contributed by atoms with Gasteiger partial charge in [0.05, 0.1) is 20.3 Å². The zero-order valence-corrected chi connectivity index (χ0v) is 25.3. The molecule has 0 aromatic heterocycles. The van der Waals surface area contributed by atoms with Gasteiger partial charge < -0.3 is 14.2 Å². The van der Waals surface area contributed by atoms with Crippen LogP contribution in [0, 0.1) is 5.92 Å². The SMILES string of the molecule is COc1ccc(P(c2ccc(OC)cc2)c2cc3ccc2CCc2ccc(c(C4=N[C@H](C(C)C)CO4)c2)CC3)cc1. The van der Waals surface area contributed by atoms with Crippen LogP contribution < -0.4 is 25.4 Å². The summed E-state index contributed by atoms with van der Waals surface area (Å²) in [6, 6.07) is 31.6. The smallest absolute Gasteiger partial charge is 0.216 e. The predicted octanol–water partition coefficient (Wildman–Crippen LogP) is 6.15. The van der Waals surface area contributed by atoms with Crippen LogP contribution in [0.5, 0.6) is 11.5 Å². The van der Waals surface area contributed by atoms with Crippen molar-refractivity contribution >= 4 is 29.7 Å². The minimum Gasteiger partial charge on any atom is -0.497 e. The van der Waals surface area contributed by atoms with Crippen LogP contribution in [-0.4, -0.2) is 32.8 Å². The van der Waals surface area contributed by atoms with Gasteiger partial charge in [-0.15, -0.1) is 0 Å². The molecule has 41 heavy (non-hydrogen) atoms. The summed E-state index contributed by atoms with van der Waals surface area (Å²) < 4.78 is 17.1. The van der Waals surface area contributed by atoms with Crippen molar-refractivity contribution in [3.8, 4) is 11.5 Å². The van der Waals surface area contributed by atoms with E-state index in [4.69, 9.17) is 19.2 Å². The third kappa shape index (κ3) is 5.90. The number of nitrogens with zero attached hydrogens (tertiary/aromatic N) is 1. The van der Waals surface area contributed by atoms with Crippen LogP contribution in [0.2, 0.25) is 0 Å². The molecule has 0 radical (unpaired) electrons. The lowest BCUT2D eigenvalue weighted by Crippen LogP contribution is -2.24. The Morgan fingerprint density at radius 1 is 0.707 bits per heavy atom. The summed E-state index contributed by atoms with van der Waals surface area (Å²) in [5.41, 5.74) is 6.60. The molecule has 1 atom stereocenters. The van der Waals surface area contributed by atoms with Gasteiger partial charge in [0.25, 0.3) is 0 Å². The van der Waals surface area contributed by atoms with Crippen LogP contribution >= 0.6 is 7.92 Å². The van der Waals surface area contributed by atoms with Crippen molar-refractivity contribution in [2.45, 2.75) is 45.6 Å². The van der Waals surface area contributed by atoms with Crippen LogP contribution in [0.3, 0.4) is 0 Å². The normalized spacial score (nSPS) is 16.3. The van der Waals surface area contributed by atoms with Gasteiger partial charge in [-0.25, -0.2) is 4.99 Å². The number of ether oxygens (including phenoxy) is 3. The van der Waals surface area contributed by atoms with Crippen LogP contribution in [0.1, 0.15) is 41.7 Å². The number of aliphatic imine (C=N–C) groups is 1. The van der Waals surface area contributed by atoms with Crippen molar-refractivity contribution < 1.29 is 14.2 Å². The quantitative estimate of drug-likeness (QED) is 0.254. The molecule has 4 aliphatic carbocycles. The van der Waals surface area contributed by atoms with Gasteiger partial charge in [-0.3, -0.25) is 0 Å². The topological polar surface area (TPSA) is 40.0 Å². The maximum Gasteiger partial charge on any atom is 0.216 e. The van der Waals surface area contributed by atoms with Gasteiger partial charge in [-0.1, -0.05) is 68.4 Å². The highest BCUT2D eigenvalue weighted by Crippen LogP contribution is 2.36. The third-order valence-corrected chi connectivity index (χ3v) is 10.8. The first-order valence-electron chi connectivity index (χ1n) is 14.5. The Bertz CT molecular complexity index is 1500. The van der Waals surface area contributed by atoms with Crippen LogP contribution in [0.25, 0.3) is 0 Å². The molecule has 0 amide bonds. The highest BCUT2D eigenvalue weighted by molar-refractivity contribution is 7.79. The van der Waals surface area contributed by atoms with E-state index in [0.29, 0.717) is 12.5 Å². The maximum atomic E-state index is 6.15. The first-order valence-corrected chi connectivity index (χ1v) is 15.9. The molecule has 0 spiro atoms. The van der Waals surface area contributed by atoms with Gasteiger partial charge in [0, 0.05) is 5.56 Å². The van der Waals surface area contributed by atoms with Crippen LogP contribution in [-0.2, 0) is 30.4 Å². The van der Waals surface area contributed by atoms with Gasteiger partial charge in [0.15, 0.2) is 0 Å². The van der Waals surface area contributed by atoms with E-state index in [9.17, 15) is 0 Å². The standard InChI is InChI=1S/C36H38NO3P/c1-24(2)34-23-40-36(37-34)33-21-25-5-9-27(33)10-6-26-8-12-28(11-7-25)35(22-26)41(31-17-13-29(38-3)14-18-31)32-19-15-30(39-4)16-20-32/h5,8-9,12-22,24,34H,6-7,10-11,23H2,1-4H3/t34-/m0/s1. The van der Waals surface area contributed by atoms with Gasteiger partial charge in [0.1, 0.15) is 18.1 Å². The fourth-order valence-corrected chi connectivity index (χ4v) is 8.22. The maximum absolute atomic E-state index is 6.15. The number of benzene rings is 4. The molecule has 0 saturated heterocycles. The monoisotopic (exact) mass is 563 g/mol. The molecule has 4 bridgehead atoms. The summed E-state index contributed by atoms with van der Waals surface area (Å²) in [6.07, 6.45) is 3.86. The molecular weight excluding hydrogens is 525 g/mol. The summed E-state index contributed by atoms with van der Waals surface area (Å²) in [4.78, 5) is 4.98. The lowest BCUT2D eigenvalue weighted by Gasteiger charge is -2.24. The minimum atomic E-state index is -0.766. The second kappa shape index (κ2) is 12.1. The van der Waals surface area contributed by atoms with Crippen molar-refractivity contribution in [2.75, 3.05) is 20.8 Å². The van der Waals surface area contributed by atoms with Gasteiger partial charge in [0.2, 0.25) is 5.90 Å². The zero-order chi connectivity index (χ0) is 28.3. The summed E-state index contributed by atoms with van der Waals surface area (Å²) in [5.74, 6) is 3.06. The van der Waals surface area contributed by atoms with Crippen molar-refractivity contribution in [1.29, 1.82) is 0 Å². The molecule has 0 unspecified atom stereocenters. The number of aryl methyl sites for hydroxylation is 4. The van der Waals surface area contributed by atoms with E-state index in [-0.39, 0.29) is 6.04 Å². The summed E-state index contributed by atoms with van der Waals surface area (Å²) in [6.45, 7) is 5.12.